The fraction of sp³-hybridized carbons (Fsp3) is 0.571. The van der Waals surface area contributed by atoms with Crippen LogP contribution in [-0.4, -0.2) is 45.2 Å². The van der Waals surface area contributed by atoms with Crippen LogP contribution in [0.5, 0.6) is 0 Å². The monoisotopic (exact) mass is 367 g/mol. The van der Waals surface area contributed by atoms with E-state index in [1.54, 1.807) is 0 Å². The molecule has 6 nitrogen and oxygen atoms in total. The predicted octanol–water partition coefficient (Wildman–Crippen LogP) is 2.34. The van der Waals surface area contributed by atoms with Crippen LogP contribution in [0.1, 0.15) is 53.5 Å². The van der Waals surface area contributed by atoms with Crippen molar-refractivity contribution in [1.29, 1.82) is 0 Å². The lowest BCUT2D eigenvalue weighted by Crippen LogP contribution is -2.39. The number of rotatable bonds is 4. The minimum absolute atomic E-state index is 0.278. The first kappa shape index (κ1) is 18.2. The SMILES string of the molecule is Cc1cc(C)cc(CCC(=O)N2CCC(c3nnc4n3CCNC4)CC2)c1. The summed E-state index contributed by atoms with van der Waals surface area (Å²) in [7, 11) is 0. The number of fused-ring (bicyclic) bond motifs is 1. The quantitative estimate of drug-likeness (QED) is 0.901. The molecule has 2 aliphatic heterocycles. The highest BCUT2D eigenvalue weighted by Crippen LogP contribution is 2.28. The van der Waals surface area contributed by atoms with Crippen molar-refractivity contribution in [3.05, 3.63) is 46.5 Å². The first-order chi connectivity index (χ1) is 13.1. The Balaban J connectivity index is 1.31. The van der Waals surface area contributed by atoms with Crippen molar-refractivity contribution in [1.82, 2.24) is 25.0 Å². The molecule has 1 aromatic carbocycles. The number of aromatic nitrogens is 3. The van der Waals surface area contributed by atoms with Crippen molar-refractivity contribution in [2.24, 2.45) is 0 Å². The Morgan fingerprint density at radius 2 is 1.85 bits per heavy atom. The number of piperidine rings is 1. The largest absolute Gasteiger partial charge is 0.343 e. The molecule has 1 fully saturated rings. The van der Waals surface area contributed by atoms with Crippen molar-refractivity contribution in [3.8, 4) is 0 Å². The molecule has 1 aromatic heterocycles. The highest BCUT2D eigenvalue weighted by Gasteiger charge is 2.28. The maximum atomic E-state index is 12.7. The number of hydrogen-bond acceptors (Lipinski definition) is 4. The second kappa shape index (κ2) is 7.80. The van der Waals surface area contributed by atoms with Crippen molar-refractivity contribution in [2.45, 2.75) is 58.5 Å². The summed E-state index contributed by atoms with van der Waals surface area (Å²) in [4.78, 5) is 14.7. The van der Waals surface area contributed by atoms with Crippen molar-refractivity contribution < 1.29 is 4.79 Å². The number of hydrogen-bond donors (Lipinski definition) is 1. The van der Waals surface area contributed by atoms with Gasteiger partial charge in [-0.05, 0) is 38.7 Å². The molecule has 0 aliphatic carbocycles. The number of likely N-dealkylation sites (tertiary alicyclic amines) is 1. The first-order valence-corrected chi connectivity index (χ1v) is 10.1. The standard InChI is InChI=1S/C21H29N5O/c1-15-11-16(2)13-17(12-15)3-4-20(27)25-8-5-18(6-9-25)21-24-23-19-14-22-7-10-26(19)21/h11-13,18,22H,3-10,14H2,1-2H3. The van der Waals surface area contributed by atoms with Crippen LogP contribution < -0.4 is 5.32 Å². The number of carbonyl (C=O) groups is 1. The molecule has 144 valence electrons. The maximum Gasteiger partial charge on any atom is 0.222 e. The van der Waals surface area contributed by atoms with Gasteiger partial charge in [0.1, 0.15) is 11.6 Å². The van der Waals surface area contributed by atoms with E-state index >= 15 is 0 Å². The molecule has 27 heavy (non-hydrogen) atoms. The Morgan fingerprint density at radius 1 is 1.11 bits per heavy atom. The third-order valence-electron chi connectivity index (χ3n) is 5.77. The van der Waals surface area contributed by atoms with Gasteiger partial charge in [0.05, 0.1) is 6.54 Å². The minimum Gasteiger partial charge on any atom is -0.343 e. The number of aryl methyl sites for hydroxylation is 3. The number of benzene rings is 1. The van der Waals surface area contributed by atoms with E-state index in [9.17, 15) is 4.79 Å². The van der Waals surface area contributed by atoms with E-state index < -0.39 is 0 Å². The Hall–Kier alpha value is -2.21. The third-order valence-corrected chi connectivity index (χ3v) is 5.77. The smallest absolute Gasteiger partial charge is 0.222 e. The fourth-order valence-corrected chi connectivity index (χ4v) is 4.43. The number of nitrogens with zero attached hydrogens (tertiary/aromatic N) is 4. The molecule has 2 aliphatic rings. The van der Waals surface area contributed by atoms with E-state index in [0.717, 1.165) is 63.6 Å². The molecular formula is C21H29N5O. The normalized spacial score (nSPS) is 17.8. The number of amides is 1. The van der Waals surface area contributed by atoms with Gasteiger partial charge in [-0.25, -0.2) is 0 Å². The van der Waals surface area contributed by atoms with Crippen LogP contribution in [0.25, 0.3) is 0 Å². The lowest BCUT2D eigenvalue weighted by atomic mass is 9.95. The van der Waals surface area contributed by atoms with Gasteiger partial charge in [0, 0.05) is 38.5 Å². The van der Waals surface area contributed by atoms with Crippen LogP contribution in [0.4, 0.5) is 0 Å². The van der Waals surface area contributed by atoms with Gasteiger partial charge in [-0.15, -0.1) is 10.2 Å². The lowest BCUT2D eigenvalue weighted by Gasteiger charge is -2.32. The molecule has 6 heteroatoms. The molecule has 2 aromatic rings. The molecule has 0 saturated carbocycles. The van der Waals surface area contributed by atoms with Gasteiger partial charge in [-0.1, -0.05) is 29.3 Å². The summed E-state index contributed by atoms with van der Waals surface area (Å²) in [5, 5.41) is 12.1. The van der Waals surface area contributed by atoms with E-state index in [2.05, 4.69) is 52.1 Å². The van der Waals surface area contributed by atoms with Gasteiger partial charge in [0.2, 0.25) is 5.91 Å². The van der Waals surface area contributed by atoms with Gasteiger partial charge in [-0.2, -0.15) is 0 Å². The van der Waals surface area contributed by atoms with Crippen LogP contribution in [-0.2, 0) is 24.3 Å². The van der Waals surface area contributed by atoms with Gasteiger partial charge >= 0.3 is 0 Å². The van der Waals surface area contributed by atoms with Crippen LogP contribution in [0, 0.1) is 13.8 Å². The van der Waals surface area contributed by atoms with Gasteiger partial charge in [-0.3, -0.25) is 4.79 Å². The highest BCUT2D eigenvalue weighted by atomic mass is 16.2. The minimum atomic E-state index is 0.278. The van der Waals surface area contributed by atoms with Crippen molar-refractivity contribution in [3.63, 3.8) is 0 Å². The first-order valence-electron chi connectivity index (χ1n) is 10.1. The van der Waals surface area contributed by atoms with Gasteiger partial charge in [0.25, 0.3) is 0 Å². The summed E-state index contributed by atoms with van der Waals surface area (Å²) < 4.78 is 2.28. The Kier molecular flexibility index (Phi) is 5.25. The zero-order chi connectivity index (χ0) is 18.8. The molecule has 0 bridgehead atoms. The van der Waals surface area contributed by atoms with E-state index in [1.807, 2.05) is 4.90 Å². The summed E-state index contributed by atoms with van der Waals surface area (Å²) >= 11 is 0. The molecule has 1 saturated heterocycles. The average Bonchev–Trinajstić information content (AvgIpc) is 3.10. The molecule has 0 atom stereocenters. The highest BCUT2D eigenvalue weighted by molar-refractivity contribution is 5.76. The average molecular weight is 367 g/mol. The fourth-order valence-electron chi connectivity index (χ4n) is 4.43. The van der Waals surface area contributed by atoms with Crippen molar-refractivity contribution >= 4 is 5.91 Å². The summed E-state index contributed by atoms with van der Waals surface area (Å²) in [6.07, 6.45) is 3.40. The third kappa shape index (κ3) is 4.05. The van der Waals surface area contributed by atoms with Gasteiger partial charge in [0.15, 0.2) is 0 Å². The maximum absolute atomic E-state index is 12.7. The van der Waals surface area contributed by atoms with Gasteiger partial charge < -0.3 is 14.8 Å². The van der Waals surface area contributed by atoms with Crippen LogP contribution in [0.15, 0.2) is 18.2 Å². The van der Waals surface area contributed by atoms with E-state index in [4.69, 9.17) is 0 Å². The zero-order valence-corrected chi connectivity index (χ0v) is 16.4. The molecule has 1 amide bonds. The molecule has 0 radical (unpaired) electrons. The molecule has 3 heterocycles. The predicted molar refractivity (Wildman–Crippen MR) is 105 cm³/mol. The van der Waals surface area contributed by atoms with E-state index in [1.165, 1.54) is 16.7 Å². The van der Waals surface area contributed by atoms with E-state index in [-0.39, 0.29) is 5.91 Å². The second-order valence-electron chi connectivity index (χ2n) is 7.95. The summed E-state index contributed by atoms with van der Waals surface area (Å²) in [6.45, 7) is 8.63. The second-order valence-corrected chi connectivity index (χ2v) is 7.95. The molecule has 4 rings (SSSR count). The summed E-state index contributed by atoms with van der Waals surface area (Å²) in [5.41, 5.74) is 3.80. The van der Waals surface area contributed by atoms with Crippen molar-refractivity contribution in [2.75, 3.05) is 19.6 Å². The Labute approximate surface area is 161 Å². The summed E-state index contributed by atoms with van der Waals surface area (Å²) in [5.74, 6) is 2.87. The van der Waals surface area contributed by atoms with Crippen LogP contribution in [0.3, 0.4) is 0 Å². The van der Waals surface area contributed by atoms with Crippen LogP contribution >= 0.6 is 0 Å². The zero-order valence-electron chi connectivity index (χ0n) is 16.4. The van der Waals surface area contributed by atoms with Crippen LogP contribution in [0.2, 0.25) is 0 Å². The Morgan fingerprint density at radius 3 is 2.59 bits per heavy atom. The van der Waals surface area contributed by atoms with E-state index in [0.29, 0.717) is 12.3 Å². The molecular weight excluding hydrogens is 338 g/mol. The Bertz CT molecular complexity index is 800. The number of nitrogens with one attached hydrogen (secondary N) is 1. The molecule has 0 spiro atoms. The molecule has 0 unspecified atom stereocenters. The summed E-state index contributed by atoms with van der Waals surface area (Å²) in [6, 6.07) is 6.56. The molecule has 1 N–H and O–H groups in total. The lowest BCUT2D eigenvalue weighted by molar-refractivity contribution is -0.132. The topological polar surface area (TPSA) is 63.1 Å². The number of carbonyl (C=O) groups excluding carboxylic acids is 1.